The van der Waals surface area contributed by atoms with E-state index in [1.807, 2.05) is 17.5 Å². The molecule has 1 aliphatic carbocycles. The van der Waals surface area contributed by atoms with E-state index in [4.69, 9.17) is 0 Å². The molecule has 0 saturated heterocycles. The molecule has 0 fully saturated rings. The van der Waals surface area contributed by atoms with Gasteiger partial charge in [0.2, 0.25) is 0 Å². The van der Waals surface area contributed by atoms with Crippen LogP contribution in [0.4, 0.5) is 5.69 Å². The third kappa shape index (κ3) is 2.42. The second-order valence-corrected chi connectivity index (χ2v) is 5.73. The molecule has 3 heteroatoms. The minimum absolute atomic E-state index is 0.418. The van der Waals surface area contributed by atoms with E-state index < -0.39 is 6.10 Å². The summed E-state index contributed by atoms with van der Waals surface area (Å²) in [6.45, 7) is 0.569. The molecule has 0 bridgehead atoms. The van der Waals surface area contributed by atoms with Crippen molar-refractivity contribution in [2.75, 3.05) is 11.9 Å². The highest BCUT2D eigenvalue weighted by Crippen LogP contribution is 2.25. The Kier molecular flexibility index (Phi) is 3.35. The predicted octanol–water partition coefficient (Wildman–Crippen LogP) is 3.38. The fraction of sp³-hybridized carbons (Fsp3) is 0.333. The summed E-state index contributed by atoms with van der Waals surface area (Å²) in [4.78, 5) is 1.02. The van der Waals surface area contributed by atoms with Crippen molar-refractivity contribution >= 4 is 17.0 Å². The largest absolute Gasteiger partial charge is 0.386 e. The van der Waals surface area contributed by atoms with Gasteiger partial charge in [-0.25, -0.2) is 0 Å². The number of hydrogen-bond donors (Lipinski definition) is 2. The molecule has 1 aliphatic rings. The van der Waals surface area contributed by atoms with E-state index in [1.54, 1.807) is 11.3 Å². The zero-order valence-corrected chi connectivity index (χ0v) is 11.0. The third-order valence-electron chi connectivity index (χ3n) is 3.47. The Balaban J connectivity index is 1.63. The van der Waals surface area contributed by atoms with Gasteiger partial charge in [-0.3, -0.25) is 0 Å². The SMILES string of the molecule is OC(CNc1ccc2c(c1)CCC2)c1cccs1. The lowest BCUT2D eigenvalue weighted by molar-refractivity contribution is 0.195. The van der Waals surface area contributed by atoms with Gasteiger partial charge in [0.05, 0.1) is 0 Å². The summed E-state index contributed by atoms with van der Waals surface area (Å²) in [5.41, 5.74) is 4.07. The van der Waals surface area contributed by atoms with Crippen LogP contribution in [0.5, 0.6) is 0 Å². The van der Waals surface area contributed by atoms with Gasteiger partial charge in [0.1, 0.15) is 6.10 Å². The summed E-state index contributed by atoms with van der Waals surface area (Å²) in [6.07, 6.45) is 3.26. The van der Waals surface area contributed by atoms with E-state index >= 15 is 0 Å². The van der Waals surface area contributed by atoms with E-state index in [0.29, 0.717) is 6.54 Å². The normalized spacial score (nSPS) is 15.4. The average molecular weight is 259 g/mol. The van der Waals surface area contributed by atoms with E-state index in [1.165, 1.54) is 30.4 Å². The Morgan fingerprint density at radius 1 is 1.22 bits per heavy atom. The third-order valence-corrected chi connectivity index (χ3v) is 4.44. The van der Waals surface area contributed by atoms with Crippen molar-refractivity contribution in [2.24, 2.45) is 0 Å². The number of fused-ring (bicyclic) bond motifs is 1. The number of anilines is 1. The molecule has 0 aliphatic heterocycles. The summed E-state index contributed by atoms with van der Waals surface area (Å²) in [5, 5.41) is 15.3. The number of aliphatic hydroxyl groups is 1. The molecule has 2 nitrogen and oxygen atoms in total. The van der Waals surface area contributed by atoms with Crippen LogP contribution in [0.15, 0.2) is 35.7 Å². The summed E-state index contributed by atoms with van der Waals surface area (Å²) in [5.74, 6) is 0. The minimum atomic E-state index is -0.418. The van der Waals surface area contributed by atoms with Gasteiger partial charge in [0, 0.05) is 17.1 Å². The zero-order valence-electron chi connectivity index (χ0n) is 10.2. The van der Waals surface area contributed by atoms with Gasteiger partial charge in [0.25, 0.3) is 0 Å². The van der Waals surface area contributed by atoms with Crippen LogP contribution < -0.4 is 5.32 Å². The number of rotatable bonds is 4. The molecule has 0 amide bonds. The smallest absolute Gasteiger partial charge is 0.105 e. The Hall–Kier alpha value is -1.32. The zero-order chi connectivity index (χ0) is 12.4. The Morgan fingerprint density at radius 3 is 2.94 bits per heavy atom. The number of nitrogens with one attached hydrogen (secondary N) is 1. The van der Waals surface area contributed by atoms with Crippen LogP contribution in [-0.2, 0) is 12.8 Å². The first-order valence-electron chi connectivity index (χ1n) is 6.40. The molecule has 2 aromatic rings. The number of hydrogen-bond acceptors (Lipinski definition) is 3. The van der Waals surface area contributed by atoms with Crippen molar-refractivity contribution in [2.45, 2.75) is 25.4 Å². The van der Waals surface area contributed by atoms with Gasteiger partial charge < -0.3 is 10.4 Å². The summed E-state index contributed by atoms with van der Waals surface area (Å²) < 4.78 is 0. The highest BCUT2D eigenvalue weighted by molar-refractivity contribution is 7.10. The average Bonchev–Trinajstić information content (AvgIpc) is 3.05. The van der Waals surface area contributed by atoms with Gasteiger partial charge in [-0.15, -0.1) is 11.3 Å². The first kappa shape index (κ1) is 11.8. The fourth-order valence-electron chi connectivity index (χ4n) is 2.48. The summed E-state index contributed by atoms with van der Waals surface area (Å²) in [6, 6.07) is 10.5. The molecule has 18 heavy (non-hydrogen) atoms. The minimum Gasteiger partial charge on any atom is -0.386 e. The molecule has 1 atom stereocenters. The number of aliphatic hydroxyl groups excluding tert-OH is 1. The topological polar surface area (TPSA) is 32.3 Å². The molecule has 0 radical (unpaired) electrons. The molecule has 1 heterocycles. The van der Waals surface area contributed by atoms with E-state index in [-0.39, 0.29) is 0 Å². The second kappa shape index (κ2) is 5.12. The monoisotopic (exact) mass is 259 g/mol. The van der Waals surface area contributed by atoms with E-state index in [0.717, 1.165) is 10.6 Å². The number of aryl methyl sites for hydroxylation is 2. The van der Waals surface area contributed by atoms with Crippen molar-refractivity contribution in [1.29, 1.82) is 0 Å². The molecule has 1 aromatic carbocycles. The van der Waals surface area contributed by atoms with Gasteiger partial charge in [-0.1, -0.05) is 12.1 Å². The Labute approximate surface area is 111 Å². The molecular weight excluding hydrogens is 242 g/mol. The quantitative estimate of drug-likeness (QED) is 0.882. The number of benzene rings is 1. The van der Waals surface area contributed by atoms with Gasteiger partial charge in [-0.2, -0.15) is 0 Å². The van der Waals surface area contributed by atoms with Crippen LogP contribution in [-0.4, -0.2) is 11.7 Å². The lowest BCUT2D eigenvalue weighted by atomic mass is 10.1. The van der Waals surface area contributed by atoms with Crippen molar-refractivity contribution in [3.8, 4) is 0 Å². The van der Waals surface area contributed by atoms with Crippen molar-refractivity contribution < 1.29 is 5.11 Å². The molecule has 3 rings (SSSR count). The standard InChI is InChI=1S/C15H17NOS/c17-14(15-5-2-8-18-15)10-16-13-7-6-11-3-1-4-12(11)9-13/h2,5-9,14,16-17H,1,3-4,10H2. The van der Waals surface area contributed by atoms with Crippen LogP contribution in [0.25, 0.3) is 0 Å². The van der Waals surface area contributed by atoms with Crippen molar-refractivity contribution in [3.63, 3.8) is 0 Å². The molecule has 0 saturated carbocycles. The fourth-order valence-corrected chi connectivity index (χ4v) is 3.19. The van der Waals surface area contributed by atoms with Crippen molar-refractivity contribution in [1.82, 2.24) is 0 Å². The highest BCUT2D eigenvalue weighted by atomic mass is 32.1. The van der Waals surface area contributed by atoms with Gasteiger partial charge in [-0.05, 0) is 54.0 Å². The maximum Gasteiger partial charge on any atom is 0.105 e. The van der Waals surface area contributed by atoms with Crippen LogP contribution in [0, 0.1) is 0 Å². The Bertz CT molecular complexity index is 521. The Morgan fingerprint density at radius 2 is 2.11 bits per heavy atom. The lowest BCUT2D eigenvalue weighted by Crippen LogP contribution is -2.11. The first-order chi connectivity index (χ1) is 8.83. The maximum absolute atomic E-state index is 10.0. The van der Waals surface area contributed by atoms with Crippen LogP contribution >= 0.6 is 11.3 Å². The predicted molar refractivity (Wildman–Crippen MR) is 76.2 cm³/mol. The number of thiophene rings is 1. The van der Waals surface area contributed by atoms with E-state index in [2.05, 4.69) is 23.5 Å². The van der Waals surface area contributed by atoms with Gasteiger partial charge >= 0.3 is 0 Å². The highest BCUT2D eigenvalue weighted by Gasteiger charge is 2.12. The van der Waals surface area contributed by atoms with Gasteiger partial charge in [0.15, 0.2) is 0 Å². The molecule has 1 unspecified atom stereocenters. The summed E-state index contributed by atoms with van der Waals surface area (Å²) in [7, 11) is 0. The van der Waals surface area contributed by atoms with Crippen molar-refractivity contribution in [3.05, 3.63) is 51.7 Å². The van der Waals surface area contributed by atoms with E-state index in [9.17, 15) is 5.11 Å². The second-order valence-electron chi connectivity index (χ2n) is 4.75. The first-order valence-corrected chi connectivity index (χ1v) is 7.28. The lowest BCUT2D eigenvalue weighted by Gasteiger charge is -2.12. The maximum atomic E-state index is 10.0. The van der Waals surface area contributed by atoms with Crippen LogP contribution in [0.3, 0.4) is 0 Å². The molecule has 2 N–H and O–H groups in total. The molecule has 0 spiro atoms. The van der Waals surface area contributed by atoms with Crippen LogP contribution in [0.1, 0.15) is 28.5 Å². The molecular formula is C15H17NOS. The summed E-state index contributed by atoms with van der Waals surface area (Å²) >= 11 is 1.60. The van der Waals surface area contributed by atoms with Crippen LogP contribution in [0.2, 0.25) is 0 Å². The molecule has 94 valence electrons. The molecule has 1 aromatic heterocycles.